The predicted octanol–water partition coefficient (Wildman–Crippen LogP) is 2.79. The van der Waals surface area contributed by atoms with E-state index in [2.05, 4.69) is 25.7 Å². The van der Waals surface area contributed by atoms with Crippen molar-refractivity contribution in [2.45, 2.75) is 11.8 Å². The molecule has 0 aliphatic carbocycles. The molecule has 3 N–H and O–H groups in total. The van der Waals surface area contributed by atoms with Crippen LogP contribution in [0.5, 0.6) is 5.75 Å². The average molecular weight is 383 g/mol. The number of phenols is 1. The first-order valence-corrected chi connectivity index (χ1v) is 9.01. The minimum Gasteiger partial charge on any atom is -0.507 e. The molecule has 0 fully saturated rings. The van der Waals surface area contributed by atoms with Crippen LogP contribution in [0.4, 0.5) is 5.95 Å². The number of para-hydroxylation sites is 1. The number of carbonyl (C=O) groups is 1. The molecule has 0 radical (unpaired) electrons. The molecule has 0 bridgehead atoms. The van der Waals surface area contributed by atoms with Crippen LogP contribution in [0, 0.1) is 0 Å². The van der Waals surface area contributed by atoms with Crippen molar-refractivity contribution in [1.82, 2.24) is 15.2 Å². The topological polar surface area (TPSA) is 112 Å². The summed E-state index contributed by atoms with van der Waals surface area (Å²) in [6.45, 7) is 0.238. The second-order valence-electron chi connectivity index (χ2n) is 5.33. The third-order valence-corrected chi connectivity index (χ3v) is 4.16. The predicted molar refractivity (Wildman–Crippen MR) is 103 cm³/mol. The Hall–Kier alpha value is -3.33. The largest absolute Gasteiger partial charge is 0.507 e. The number of benzene rings is 2. The lowest BCUT2D eigenvalue weighted by atomic mass is 10.2. The molecule has 1 aromatic heterocycles. The lowest BCUT2D eigenvalue weighted by molar-refractivity contribution is -0.141. The van der Waals surface area contributed by atoms with E-state index in [0.717, 1.165) is 17.3 Å². The summed E-state index contributed by atoms with van der Waals surface area (Å²) in [7, 11) is 0. The van der Waals surface area contributed by atoms with E-state index >= 15 is 0 Å². The number of esters is 1. The van der Waals surface area contributed by atoms with Gasteiger partial charge in [-0.3, -0.25) is 4.79 Å². The number of nitrogens with zero attached hydrogens (tertiary/aromatic N) is 3. The fourth-order valence-electron chi connectivity index (χ4n) is 2.02. The first-order valence-electron chi connectivity index (χ1n) is 8.02. The number of hydrogen-bond donors (Lipinski definition) is 3. The highest BCUT2D eigenvalue weighted by Gasteiger charge is 2.08. The van der Waals surface area contributed by atoms with E-state index in [4.69, 9.17) is 4.74 Å². The number of thioether (sulfide) groups is 1. The highest BCUT2D eigenvalue weighted by Crippen LogP contribution is 2.15. The quantitative estimate of drug-likeness (QED) is 0.237. The number of phenolic OH excluding ortho intramolecular Hbond substituents is 1. The Labute approximate surface area is 159 Å². The summed E-state index contributed by atoms with van der Waals surface area (Å²) in [5.41, 5.74) is 4.18. The number of anilines is 1. The van der Waals surface area contributed by atoms with Gasteiger partial charge in [0, 0.05) is 5.56 Å². The molecule has 0 amide bonds. The van der Waals surface area contributed by atoms with E-state index in [-0.39, 0.29) is 24.1 Å². The second kappa shape index (κ2) is 9.39. The number of aromatic nitrogens is 3. The molecule has 0 saturated carbocycles. The Balaban J connectivity index is 1.42. The van der Waals surface area contributed by atoms with Crippen molar-refractivity contribution in [3.8, 4) is 5.75 Å². The zero-order valence-corrected chi connectivity index (χ0v) is 15.0. The highest BCUT2D eigenvalue weighted by molar-refractivity contribution is 7.99. The second-order valence-corrected chi connectivity index (χ2v) is 6.27. The Morgan fingerprint density at radius 2 is 2.00 bits per heavy atom. The smallest absolute Gasteiger partial charge is 0.316 e. The van der Waals surface area contributed by atoms with E-state index in [9.17, 15) is 9.90 Å². The molecule has 9 heteroatoms. The molecule has 2 aromatic carbocycles. The fourth-order valence-corrected chi connectivity index (χ4v) is 2.62. The highest BCUT2D eigenvalue weighted by atomic mass is 32.2. The van der Waals surface area contributed by atoms with Crippen LogP contribution in [0.2, 0.25) is 0 Å². The van der Waals surface area contributed by atoms with E-state index < -0.39 is 0 Å². The molecule has 0 spiro atoms. The summed E-state index contributed by atoms with van der Waals surface area (Å²) in [6, 6.07) is 16.3. The number of rotatable bonds is 8. The van der Waals surface area contributed by atoms with E-state index in [1.165, 1.54) is 6.21 Å². The Morgan fingerprint density at radius 3 is 2.81 bits per heavy atom. The van der Waals surface area contributed by atoms with Gasteiger partial charge >= 0.3 is 5.97 Å². The van der Waals surface area contributed by atoms with Gasteiger partial charge in [0.1, 0.15) is 12.4 Å². The standard InChI is InChI=1S/C18H17N5O3S/c24-15-9-5-4-8-14(15)10-19-21-17-20-18(23-22-17)27-12-16(25)26-11-13-6-2-1-3-7-13/h1-10,24H,11-12H2,(H2,20,21,22,23)/b19-10+. The van der Waals surface area contributed by atoms with Crippen LogP contribution in [0.15, 0.2) is 64.9 Å². The minimum absolute atomic E-state index is 0.102. The fraction of sp³-hybridized carbons (Fsp3) is 0.111. The van der Waals surface area contributed by atoms with Gasteiger partial charge in [-0.1, -0.05) is 54.2 Å². The van der Waals surface area contributed by atoms with Crippen molar-refractivity contribution in [2.75, 3.05) is 11.2 Å². The Kier molecular flexibility index (Phi) is 6.42. The van der Waals surface area contributed by atoms with Gasteiger partial charge in [0.15, 0.2) is 0 Å². The van der Waals surface area contributed by atoms with Gasteiger partial charge in [0.2, 0.25) is 11.1 Å². The molecule has 8 nitrogen and oxygen atoms in total. The summed E-state index contributed by atoms with van der Waals surface area (Å²) in [6.07, 6.45) is 1.46. The first-order chi connectivity index (χ1) is 13.2. The normalized spacial score (nSPS) is 10.8. The van der Waals surface area contributed by atoms with Gasteiger partial charge < -0.3 is 9.84 Å². The SMILES string of the molecule is O=C(CSc1n[nH]c(N/N=C/c2ccccc2O)n1)OCc1ccccc1. The molecule has 1 heterocycles. The third kappa shape index (κ3) is 5.86. The summed E-state index contributed by atoms with van der Waals surface area (Å²) in [5.74, 6) is 0.207. The number of carbonyl (C=O) groups excluding carboxylic acids is 1. The number of H-pyrrole nitrogens is 1. The molecule has 138 valence electrons. The van der Waals surface area contributed by atoms with E-state index in [1.807, 2.05) is 30.3 Å². The van der Waals surface area contributed by atoms with Crippen LogP contribution in [0.25, 0.3) is 0 Å². The minimum atomic E-state index is -0.347. The van der Waals surface area contributed by atoms with Gasteiger partial charge in [0.05, 0.1) is 12.0 Å². The van der Waals surface area contributed by atoms with Crippen LogP contribution in [0.3, 0.4) is 0 Å². The maximum Gasteiger partial charge on any atom is 0.316 e. The van der Waals surface area contributed by atoms with Crippen molar-refractivity contribution in [3.05, 3.63) is 65.7 Å². The monoisotopic (exact) mass is 383 g/mol. The number of ether oxygens (including phenoxy) is 1. The van der Waals surface area contributed by atoms with Crippen molar-refractivity contribution in [3.63, 3.8) is 0 Å². The van der Waals surface area contributed by atoms with Crippen molar-refractivity contribution < 1.29 is 14.6 Å². The lowest BCUT2D eigenvalue weighted by Crippen LogP contribution is -2.07. The average Bonchev–Trinajstić information content (AvgIpc) is 3.15. The Bertz CT molecular complexity index is 914. The summed E-state index contributed by atoms with van der Waals surface area (Å²) in [4.78, 5) is 15.9. The number of aromatic amines is 1. The van der Waals surface area contributed by atoms with Crippen molar-refractivity contribution in [1.29, 1.82) is 0 Å². The van der Waals surface area contributed by atoms with Gasteiger partial charge in [-0.2, -0.15) is 10.1 Å². The number of nitrogens with one attached hydrogen (secondary N) is 2. The maximum absolute atomic E-state index is 11.8. The molecule has 0 saturated heterocycles. The maximum atomic E-state index is 11.8. The van der Waals surface area contributed by atoms with Crippen LogP contribution in [-0.2, 0) is 16.1 Å². The van der Waals surface area contributed by atoms with Gasteiger partial charge in [0.25, 0.3) is 0 Å². The third-order valence-electron chi connectivity index (χ3n) is 3.34. The molecule has 0 unspecified atom stereocenters. The molecule has 0 atom stereocenters. The van der Waals surface area contributed by atoms with Crippen molar-refractivity contribution >= 4 is 29.9 Å². The molecule has 0 aliphatic rings. The summed E-state index contributed by atoms with van der Waals surface area (Å²) < 4.78 is 5.19. The van der Waals surface area contributed by atoms with Gasteiger partial charge in [-0.15, -0.1) is 5.10 Å². The van der Waals surface area contributed by atoms with Crippen LogP contribution >= 0.6 is 11.8 Å². The van der Waals surface area contributed by atoms with Crippen LogP contribution in [0.1, 0.15) is 11.1 Å². The molecule has 3 aromatic rings. The van der Waals surface area contributed by atoms with E-state index in [1.54, 1.807) is 24.3 Å². The summed E-state index contributed by atoms with van der Waals surface area (Å²) in [5, 5.41) is 20.7. The Morgan fingerprint density at radius 1 is 1.22 bits per heavy atom. The zero-order chi connectivity index (χ0) is 18.9. The zero-order valence-electron chi connectivity index (χ0n) is 14.2. The molecular weight excluding hydrogens is 366 g/mol. The molecule has 0 aliphatic heterocycles. The van der Waals surface area contributed by atoms with Gasteiger partial charge in [-0.25, -0.2) is 10.5 Å². The summed E-state index contributed by atoms with van der Waals surface area (Å²) >= 11 is 1.16. The molecule has 27 heavy (non-hydrogen) atoms. The van der Waals surface area contributed by atoms with E-state index in [0.29, 0.717) is 16.7 Å². The van der Waals surface area contributed by atoms with Crippen LogP contribution < -0.4 is 5.43 Å². The van der Waals surface area contributed by atoms with Crippen LogP contribution in [-0.4, -0.2) is 38.2 Å². The first kappa shape index (κ1) is 18.5. The molecule has 3 rings (SSSR count). The van der Waals surface area contributed by atoms with Crippen molar-refractivity contribution in [2.24, 2.45) is 5.10 Å². The number of hydrogen-bond acceptors (Lipinski definition) is 8. The number of hydrazone groups is 1. The lowest BCUT2D eigenvalue weighted by Gasteiger charge is -2.03. The number of aromatic hydroxyl groups is 1. The molecular formula is C18H17N5O3S. The van der Waals surface area contributed by atoms with Gasteiger partial charge in [-0.05, 0) is 17.7 Å².